The zero-order chi connectivity index (χ0) is 15.6. The van der Waals surface area contributed by atoms with Crippen molar-refractivity contribution in [1.29, 1.82) is 0 Å². The van der Waals surface area contributed by atoms with Gasteiger partial charge < -0.3 is 4.74 Å². The summed E-state index contributed by atoms with van der Waals surface area (Å²) in [6.45, 7) is 3.20. The van der Waals surface area contributed by atoms with Gasteiger partial charge in [-0.25, -0.2) is 0 Å². The highest BCUT2D eigenvalue weighted by Crippen LogP contribution is 2.37. The van der Waals surface area contributed by atoms with Crippen molar-refractivity contribution in [3.8, 4) is 5.75 Å². The molecule has 1 aliphatic rings. The topological polar surface area (TPSA) is 9.23 Å². The van der Waals surface area contributed by atoms with Crippen LogP contribution in [0.3, 0.4) is 0 Å². The molecule has 0 amide bonds. The summed E-state index contributed by atoms with van der Waals surface area (Å²) in [6, 6.07) is 10.4. The van der Waals surface area contributed by atoms with Crippen LogP contribution in [-0.4, -0.2) is 13.6 Å². The zero-order valence-corrected chi connectivity index (χ0v) is 17.6. The van der Waals surface area contributed by atoms with Gasteiger partial charge in [0.15, 0.2) is 0 Å². The number of benzene rings is 1. The van der Waals surface area contributed by atoms with Crippen molar-refractivity contribution in [3.05, 3.63) is 29.8 Å². The smallest absolute Gasteiger partial charge is 0.119 e. The molecule has 22 heavy (non-hydrogen) atoms. The molecule has 0 radical (unpaired) electrons. The maximum atomic E-state index is 5.86. The van der Waals surface area contributed by atoms with Crippen LogP contribution < -0.4 is 4.74 Å². The first-order valence-corrected chi connectivity index (χ1v) is 15.2. The first-order valence-electron chi connectivity index (χ1n) is 9.12. The van der Waals surface area contributed by atoms with E-state index in [0.29, 0.717) is 0 Å². The average Bonchev–Trinajstić information content (AvgIpc) is 2.56. The van der Waals surface area contributed by atoms with E-state index in [-0.39, 0.29) is 7.02 Å². The fourth-order valence-electron chi connectivity index (χ4n) is 3.59. The van der Waals surface area contributed by atoms with Crippen molar-refractivity contribution >= 4 is 28.8 Å². The molecule has 2 rings (SSSR count). The van der Waals surface area contributed by atoms with Gasteiger partial charge in [0.2, 0.25) is 0 Å². The molecule has 1 nitrogen and oxygen atoms in total. The van der Waals surface area contributed by atoms with Gasteiger partial charge in [-0.2, -0.15) is 0 Å². The Hall–Kier alpha value is -0.0331. The lowest BCUT2D eigenvalue weighted by Gasteiger charge is -2.28. The van der Waals surface area contributed by atoms with Crippen LogP contribution in [0.2, 0.25) is 6.04 Å². The molecule has 1 fully saturated rings. The van der Waals surface area contributed by atoms with Crippen molar-refractivity contribution in [2.24, 2.45) is 5.92 Å². The molecule has 0 N–H and O–H groups in total. The molecule has 124 valence electrons. The molecule has 1 aliphatic carbocycles. The zero-order valence-electron chi connectivity index (χ0n) is 14.0. The molecule has 3 heteroatoms. The molecular weight excluding hydrogens is 399 g/mol. The Balaban J connectivity index is 1.72. The third-order valence-corrected chi connectivity index (χ3v) is 8.00. The van der Waals surface area contributed by atoms with E-state index in [0.717, 1.165) is 24.2 Å². The van der Waals surface area contributed by atoms with E-state index in [1.165, 1.54) is 63.0 Å². The second-order valence-corrected chi connectivity index (χ2v) is 11.0. The molecule has 0 saturated heterocycles. The minimum Gasteiger partial charge on any atom is -0.494 e. The van der Waals surface area contributed by atoms with Gasteiger partial charge in [-0.05, 0) is 61.6 Å². The number of ether oxygens (including phenoxy) is 1. The van der Waals surface area contributed by atoms with Crippen molar-refractivity contribution in [2.45, 2.75) is 70.3 Å². The molecule has 0 heterocycles. The fraction of sp³-hybridized carbons (Fsp3) is 0.684. The van der Waals surface area contributed by atoms with Crippen molar-refractivity contribution < 1.29 is 4.74 Å². The molecule has 0 aromatic heterocycles. The highest BCUT2D eigenvalue weighted by Gasteiger charge is 2.21. The Morgan fingerprint density at radius 3 is 2.45 bits per heavy atom. The average molecular weight is 430 g/mol. The molecule has 0 bridgehead atoms. The van der Waals surface area contributed by atoms with E-state index in [1.54, 1.807) is 0 Å². The predicted molar refractivity (Wildman–Crippen MR) is 108 cm³/mol. The highest BCUT2D eigenvalue weighted by atomic mass is 127. The van der Waals surface area contributed by atoms with E-state index in [1.807, 2.05) is 0 Å². The lowest BCUT2D eigenvalue weighted by Crippen LogP contribution is -2.13. The van der Waals surface area contributed by atoms with Crippen LogP contribution in [0.4, 0.5) is 0 Å². The minimum atomic E-state index is 0.213. The second kappa shape index (κ2) is 10.7. The second-order valence-electron chi connectivity index (χ2n) is 6.67. The third-order valence-electron chi connectivity index (χ3n) is 4.94. The summed E-state index contributed by atoms with van der Waals surface area (Å²) in [4.78, 5) is 0. The molecule has 1 aromatic carbocycles. The van der Waals surface area contributed by atoms with Crippen LogP contribution in [-0.2, 0) is 0 Å². The number of hydrogen-bond acceptors (Lipinski definition) is 1. The Labute approximate surface area is 151 Å². The number of hydrogen-bond donors (Lipinski definition) is 0. The van der Waals surface area contributed by atoms with Crippen LogP contribution >= 0.6 is 21.8 Å². The molecule has 0 atom stereocenters. The normalized spacial score (nSPS) is 22.3. The van der Waals surface area contributed by atoms with Crippen LogP contribution in [0, 0.1) is 5.92 Å². The molecule has 0 unspecified atom stereocenters. The summed E-state index contributed by atoms with van der Waals surface area (Å²) in [5.41, 5.74) is 1.53. The van der Waals surface area contributed by atoms with Gasteiger partial charge in [-0.3, -0.25) is 0 Å². The van der Waals surface area contributed by atoms with Gasteiger partial charge in [0, 0.05) is 0 Å². The molecule has 0 spiro atoms. The maximum absolute atomic E-state index is 5.86. The largest absolute Gasteiger partial charge is 0.494 e. The van der Waals surface area contributed by atoms with E-state index in [2.05, 4.69) is 53.0 Å². The monoisotopic (exact) mass is 430 g/mol. The van der Waals surface area contributed by atoms with Gasteiger partial charge in [0.25, 0.3) is 0 Å². The summed E-state index contributed by atoms with van der Waals surface area (Å²) in [6.07, 6.45) is 10.9. The summed E-state index contributed by atoms with van der Waals surface area (Å²) in [5, 5.41) is 0. The summed E-state index contributed by atoms with van der Waals surface area (Å²) in [5.74, 6) is 2.83. The quantitative estimate of drug-likeness (QED) is 0.207. The Morgan fingerprint density at radius 2 is 1.82 bits per heavy atom. The lowest BCUT2D eigenvalue weighted by atomic mass is 9.77. The number of rotatable bonds is 9. The molecule has 1 saturated carbocycles. The lowest BCUT2D eigenvalue weighted by molar-refractivity contribution is 0.304. The third kappa shape index (κ3) is 6.23. The van der Waals surface area contributed by atoms with Gasteiger partial charge in [-0.15, -0.1) is 21.8 Å². The summed E-state index contributed by atoms with van der Waals surface area (Å²) in [7, 11) is 0.213. The van der Waals surface area contributed by atoms with Crippen LogP contribution in [0.5, 0.6) is 5.75 Å². The Kier molecular flexibility index (Phi) is 8.89. The van der Waals surface area contributed by atoms with Gasteiger partial charge in [0.1, 0.15) is 5.75 Å². The SMILES string of the molecule is CCC[C@H]1CC[C@H](c2ccc(OCCCC[SiH2]I)cc2)CC1. The van der Waals surface area contributed by atoms with Crippen LogP contribution in [0.25, 0.3) is 0 Å². The molecule has 1 aromatic rings. The number of halogens is 1. The van der Waals surface area contributed by atoms with E-state index >= 15 is 0 Å². The van der Waals surface area contributed by atoms with Gasteiger partial charge >= 0.3 is 0 Å². The Morgan fingerprint density at radius 1 is 1.09 bits per heavy atom. The fourth-order valence-corrected chi connectivity index (χ4v) is 5.75. The van der Waals surface area contributed by atoms with E-state index < -0.39 is 0 Å². The molecule has 0 aliphatic heterocycles. The molecular formula is C19H31IOSi. The maximum Gasteiger partial charge on any atom is 0.119 e. The minimum absolute atomic E-state index is 0.213. The van der Waals surface area contributed by atoms with Crippen molar-refractivity contribution in [3.63, 3.8) is 0 Å². The van der Waals surface area contributed by atoms with Crippen LogP contribution in [0.1, 0.15) is 69.8 Å². The van der Waals surface area contributed by atoms with E-state index in [9.17, 15) is 0 Å². The summed E-state index contributed by atoms with van der Waals surface area (Å²) < 4.78 is 5.86. The van der Waals surface area contributed by atoms with Gasteiger partial charge in [0.05, 0.1) is 13.6 Å². The first kappa shape index (κ1) is 18.3. The summed E-state index contributed by atoms with van der Waals surface area (Å²) >= 11 is 2.58. The Bertz CT molecular complexity index is 398. The predicted octanol–water partition coefficient (Wildman–Crippen LogP) is 5.86. The first-order chi connectivity index (χ1) is 10.8. The van der Waals surface area contributed by atoms with Crippen LogP contribution in [0.15, 0.2) is 24.3 Å². The van der Waals surface area contributed by atoms with Crippen molar-refractivity contribution in [2.75, 3.05) is 6.61 Å². The standard InChI is InChI=1S/C19H31IOSi/c1-2-5-16-6-8-17(9-7-16)18-10-12-19(13-11-18)21-14-3-4-15-22-20/h10-13,16-17H,2-9,14-15,22H2,1H3/t16-,17-. The van der Waals surface area contributed by atoms with Gasteiger partial charge in [-0.1, -0.05) is 44.4 Å². The van der Waals surface area contributed by atoms with E-state index in [4.69, 9.17) is 4.74 Å². The highest BCUT2D eigenvalue weighted by molar-refractivity contribution is 14.1. The number of unbranched alkanes of at least 4 members (excludes halogenated alkanes) is 1. The van der Waals surface area contributed by atoms with Crippen molar-refractivity contribution in [1.82, 2.24) is 0 Å².